The molecule has 0 bridgehead atoms. The van der Waals surface area contributed by atoms with Gasteiger partial charge in [0.05, 0.1) is 19.8 Å². The van der Waals surface area contributed by atoms with E-state index in [1.807, 2.05) is 0 Å². The summed E-state index contributed by atoms with van der Waals surface area (Å²) in [5, 5.41) is 0. The van der Waals surface area contributed by atoms with Gasteiger partial charge in [0.1, 0.15) is 0 Å². The average molecular weight is 385 g/mol. The van der Waals surface area contributed by atoms with Gasteiger partial charge in [-0.2, -0.15) is 0 Å². The van der Waals surface area contributed by atoms with E-state index in [2.05, 4.69) is 77.1 Å². The highest BCUT2D eigenvalue weighted by atomic mass is 28.4. The van der Waals surface area contributed by atoms with Crippen molar-refractivity contribution in [3.63, 3.8) is 0 Å². The van der Waals surface area contributed by atoms with Gasteiger partial charge in [-0.05, 0) is 75.6 Å². The van der Waals surface area contributed by atoms with Crippen LogP contribution in [0.3, 0.4) is 0 Å². The summed E-state index contributed by atoms with van der Waals surface area (Å²) in [6, 6.07) is 6.66. The van der Waals surface area contributed by atoms with E-state index in [-0.39, 0.29) is 0 Å². The summed E-state index contributed by atoms with van der Waals surface area (Å²) in [6.07, 6.45) is 0. The van der Waals surface area contributed by atoms with Crippen molar-refractivity contribution in [3.05, 3.63) is 34.9 Å². The summed E-state index contributed by atoms with van der Waals surface area (Å²) < 4.78 is 18.3. The topological polar surface area (TPSA) is 27.7 Å². The molecule has 0 spiro atoms. The molecule has 0 N–H and O–H groups in total. The first-order chi connectivity index (χ1) is 10.7. The Bertz CT molecular complexity index is 437. The van der Waals surface area contributed by atoms with Crippen molar-refractivity contribution in [2.24, 2.45) is 0 Å². The van der Waals surface area contributed by atoms with Gasteiger partial charge in [-0.3, -0.25) is 0 Å². The number of hydrogen-bond acceptors (Lipinski definition) is 3. The third kappa shape index (κ3) is 10.6. The molecule has 0 heterocycles. The van der Waals surface area contributed by atoms with E-state index in [1.165, 1.54) is 16.7 Å². The van der Waals surface area contributed by atoms with Crippen molar-refractivity contribution in [3.8, 4) is 0 Å². The van der Waals surface area contributed by atoms with Gasteiger partial charge < -0.3 is 13.3 Å². The van der Waals surface area contributed by atoms with Crippen LogP contribution in [0.4, 0.5) is 0 Å². The van der Waals surface area contributed by atoms with Crippen LogP contribution in [0.15, 0.2) is 18.2 Å². The van der Waals surface area contributed by atoms with Crippen LogP contribution in [0.5, 0.6) is 0 Å². The molecule has 0 saturated heterocycles. The molecule has 138 valence electrons. The first kappa shape index (κ1) is 21.8. The third-order valence-electron chi connectivity index (χ3n) is 3.13. The Morgan fingerprint density at radius 2 is 0.708 bits per heavy atom. The molecule has 0 aromatic heterocycles. The summed E-state index contributed by atoms with van der Waals surface area (Å²) in [6.45, 7) is 22.0. The van der Waals surface area contributed by atoms with Gasteiger partial charge in [-0.1, -0.05) is 18.2 Å². The Labute approximate surface area is 152 Å². The minimum Gasteiger partial charge on any atom is -0.413 e. The lowest BCUT2D eigenvalue weighted by Crippen LogP contribution is -2.26. The van der Waals surface area contributed by atoms with E-state index in [0.717, 1.165) is 0 Å². The summed E-state index contributed by atoms with van der Waals surface area (Å²) in [7, 11) is -4.56. The highest BCUT2D eigenvalue weighted by Crippen LogP contribution is 2.18. The highest BCUT2D eigenvalue weighted by molar-refractivity contribution is 6.70. The molecule has 0 radical (unpaired) electrons. The van der Waals surface area contributed by atoms with Gasteiger partial charge in [0.15, 0.2) is 25.0 Å². The van der Waals surface area contributed by atoms with Crippen molar-refractivity contribution in [1.82, 2.24) is 0 Å². The summed E-state index contributed by atoms with van der Waals surface area (Å²) in [5.41, 5.74) is 3.68. The van der Waals surface area contributed by atoms with E-state index >= 15 is 0 Å². The summed E-state index contributed by atoms with van der Waals surface area (Å²) in [4.78, 5) is 0. The zero-order valence-corrected chi connectivity index (χ0v) is 20.1. The van der Waals surface area contributed by atoms with Crippen molar-refractivity contribution < 1.29 is 13.3 Å². The Morgan fingerprint density at radius 1 is 0.500 bits per heavy atom. The Hall–Kier alpha value is -0.249. The summed E-state index contributed by atoms with van der Waals surface area (Å²) in [5.74, 6) is 0. The van der Waals surface area contributed by atoms with E-state index in [1.54, 1.807) is 0 Å². The molecule has 0 fully saturated rings. The van der Waals surface area contributed by atoms with Gasteiger partial charge in [0.25, 0.3) is 0 Å². The lowest BCUT2D eigenvalue weighted by Gasteiger charge is -2.21. The molecule has 0 unspecified atom stereocenters. The standard InChI is InChI=1S/C18H36O3Si3/c1-22(2,3)19-13-16-10-17(14-20-23(4,5)6)12-18(11-16)15-21-24(7,8)9/h10-12H,13-15H2,1-9H3. The van der Waals surface area contributed by atoms with E-state index in [4.69, 9.17) is 13.3 Å². The van der Waals surface area contributed by atoms with Gasteiger partial charge in [-0.25, -0.2) is 0 Å². The first-order valence-electron chi connectivity index (χ1n) is 8.77. The van der Waals surface area contributed by atoms with E-state index < -0.39 is 25.0 Å². The van der Waals surface area contributed by atoms with Crippen molar-refractivity contribution in [1.29, 1.82) is 0 Å². The molecule has 1 aromatic carbocycles. The second-order valence-electron chi connectivity index (χ2n) is 9.36. The number of benzene rings is 1. The molecule has 6 heteroatoms. The van der Waals surface area contributed by atoms with Crippen LogP contribution < -0.4 is 0 Å². The van der Waals surface area contributed by atoms with Crippen molar-refractivity contribution in [2.45, 2.75) is 78.7 Å². The largest absolute Gasteiger partial charge is 0.413 e. The average Bonchev–Trinajstić information content (AvgIpc) is 2.38. The lowest BCUT2D eigenvalue weighted by atomic mass is 10.1. The van der Waals surface area contributed by atoms with Gasteiger partial charge >= 0.3 is 0 Å². The Balaban J connectivity index is 2.91. The fourth-order valence-corrected chi connectivity index (χ4v) is 3.79. The summed E-state index contributed by atoms with van der Waals surface area (Å²) >= 11 is 0. The van der Waals surface area contributed by atoms with Crippen LogP contribution in [0.25, 0.3) is 0 Å². The Morgan fingerprint density at radius 3 is 0.875 bits per heavy atom. The first-order valence-corrected chi connectivity index (χ1v) is 19.0. The lowest BCUT2D eigenvalue weighted by molar-refractivity contribution is 0.287. The molecular weight excluding hydrogens is 348 g/mol. The molecule has 0 atom stereocenters. The molecule has 0 aliphatic carbocycles. The minimum absolute atomic E-state index is 0.677. The van der Waals surface area contributed by atoms with E-state index in [9.17, 15) is 0 Å². The smallest absolute Gasteiger partial charge is 0.184 e. The molecule has 1 rings (SSSR count). The van der Waals surface area contributed by atoms with E-state index in [0.29, 0.717) is 19.8 Å². The predicted octanol–water partition coefficient (Wildman–Crippen LogP) is 5.74. The molecule has 0 aliphatic rings. The Kier molecular flexibility index (Phi) is 7.65. The molecule has 1 aromatic rings. The zero-order chi connectivity index (χ0) is 18.6. The maximum Gasteiger partial charge on any atom is 0.184 e. The molecule has 24 heavy (non-hydrogen) atoms. The minimum atomic E-state index is -1.52. The molecule has 0 aliphatic heterocycles. The molecule has 0 amide bonds. The van der Waals surface area contributed by atoms with Crippen LogP contribution in [0.1, 0.15) is 16.7 Å². The van der Waals surface area contributed by atoms with Crippen molar-refractivity contribution in [2.75, 3.05) is 0 Å². The highest BCUT2D eigenvalue weighted by Gasteiger charge is 2.18. The normalized spacial score (nSPS) is 13.4. The van der Waals surface area contributed by atoms with Gasteiger partial charge in [-0.15, -0.1) is 0 Å². The maximum atomic E-state index is 6.09. The monoisotopic (exact) mass is 384 g/mol. The SMILES string of the molecule is C[Si](C)(C)OCc1cc(CO[Si](C)(C)C)cc(CO[Si](C)(C)C)c1. The third-order valence-corrected chi connectivity index (χ3v) is 6.16. The second kappa shape index (κ2) is 8.42. The van der Waals surface area contributed by atoms with Crippen molar-refractivity contribution >= 4 is 25.0 Å². The maximum absolute atomic E-state index is 6.09. The molecule has 3 nitrogen and oxygen atoms in total. The quantitative estimate of drug-likeness (QED) is 0.508. The molecular formula is C18H36O3Si3. The van der Waals surface area contributed by atoms with Crippen LogP contribution >= 0.6 is 0 Å². The van der Waals surface area contributed by atoms with Crippen LogP contribution in [0.2, 0.25) is 58.9 Å². The fraction of sp³-hybridized carbons (Fsp3) is 0.667. The zero-order valence-electron chi connectivity index (χ0n) is 17.1. The fourth-order valence-electron chi connectivity index (χ4n) is 1.99. The van der Waals surface area contributed by atoms with Crippen LogP contribution in [-0.4, -0.2) is 25.0 Å². The van der Waals surface area contributed by atoms with Crippen LogP contribution in [-0.2, 0) is 33.1 Å². The number of hydrogen-bond donors (Lipinski definition) is 0. The predicted molar refractivity (Wildman–Crippen MR) is 111 cm³/mol. The molecule has 0 saturated carbocycles. The van der Waals surface area contributed by atoms with Gasteiger partial charge in [0, 0.05) is 0 Å². The van der Waals surface area contributed by atoms with Gasteiger partial charge in [0.2, 0.25) is 0 Å². The number of rotatable bonds is 9. The van der Waals surface area contributed by atoms with Crippen LogP contribution in [0, 0.1) is 0 Å². The second-order valence-corrected chi connectivity index (χ2v) is 22.9.